The summed E-state index contributed by atoms with van der Waals surface area (Å²) in [5.74, 6) is -0.356. The molecule has 0 aromatic heterocycles. The topological polar surface area (TPSA) is 83.6 Å². The van der Waals surface area contributed by atoms with Crippen molar-refractivity contribution in [3.63, 3.8) is 0 Å². The van der Waals surface area contributed by atoms with Gasteiger partial charge in [-0.25, -0.2) is 8.42 Å². The second-order valence-corrected chi connectivity index (χ2v) is 6.71. The molecule has 0 spiro atoms. The number of sulfonamides is 1. The average Bonchev–Trinajstić information content (AvgIpc) is 2.41. The zero-order chi connectivity index (χ0) is 15.2. The molecular formula is C14H24N2O3S. The summed E-state index contributed by atoms with van der Waals surface area (Å²) in [5, 5.41) is 9.90. The number of nitrogens with zero attached hydrogens (tertiary/aromatic N) is 1. The molecule has 20 heavy (non-hydrogen) atoms. The lowest BCUT2D eigenvalue weighted by molar-refractivity contribution is 0.390. The molecule has 0 saturated carbocycles. The maximum atomic E-state index is 12.6. The Balaban J connectivity index is 3.11. The summed E-state index contributed by atoms with van der Waals surface area (Å²) < 4.78 is 26.7. The fourth-order valence-corrected chi connectivity index (χ4v) is 3.54. The molecule has 0 heterocycles. The van der Waals surface area contributed by atoms with Crippen molar-refractivity contribution in [1.82, 2.24) is 4.31 Å². The highest BCUT2D eigenvalue weighted by Crippen LogP contribution is 2.31. The van der Waals surface area contributed by atoms with Crippen molar-refractivity contribution in [1.29, 1.82) is 0 Å². The number of benzene rings is 1. The van der Waals surface area contributed by atoms with Crippen molar-refractivity contribution in [3.05, 3.63) is 18.2 Å². The van der Waals surface area contributed by atoms with Crippen LogP contribution in [0.1, 0.15) is 39.5 Å². The van der Waals surface area contributed by atoms with Crippen LogP contribution in [-0.2, 0) is 10.0 Å². The first-order valence-corrected chi connectivity index (χ1v) is 8.46. The highest BCUT2D eigenvalue weighted by atomic mass is 32.2. The van der Waals surface area contributed by atoms with Crippen molar-refractivity contribution in [2.45, 2.75) is 44.4 Å². The molecular weight excluding hydrogens is 276 g/mol. The maximum absolute atomic E-state index is 12.6. The summed E-state index contributed by atoms with van der Waals surface area (Å²) in [6.07, 6.45) is 3.43. The van der Waals surface area contributed by atoms with Gasteiger partial charge in [0.05, 0.1) is 5.69 Å². The molecule has 0 fully saturated rings. The molecule has 1 aromatic rings. The van der Waals surface area contributed by atoms with Gasteiger partial charge in [-0.15, -0.1) is 0 Å². The maximum Gasteiger partial charge on any atom is 0.246 e. The van der Waals surface area contributed by atoms with E-state index in [9.17, 15) is 13.5 Å². The molecule has 0 radical (unpaired) electrons. The first-order valence-electron chi connectivity index (χ1n) is 7.02. The van der Waals surface area contributed by atoms with Crippen LogP contribution in [0.2, 0.25) is 0 Å². The Kier molecular flexibility index (Phi) is 6.29. The summed E-state index contributed by atoms with van der Waals surface area (Å²) in [5.41, 5.74) is 5.67. The van der Waals surface area contributed by atoms with Crippen molar-refractivity contribution < 1.29 is 13.5 Å². The van der Waals surface area contributed by atoms with Gasteiger partial charge in [0.2, 0.25) is 10.0 Å². The van der Waals surface area contributed by atoms with Gasteiger partial charge >= 0.3 is 0 Å². The molecule has 0 aliphatic rings. The van der Waals surface area contributed by atoms with Gasteiger partial charge in [0.25, 0.3) is 0 Å². The standard InChI is InChI=1S/C14H24N2O3S/c1-3-5-10-16(11-6-4-2)20(18,19)13-9-7-8-12(15)14(13)17/h7-9,17H,3-6,10-11,15H2,1-2H3. The van der Waals surface area contributed by atoms with E-state index in [-0.39, 0.29) is 16.3 Å². The number of aromatic hydroxyl groups is 1. The fourth-order valence-electron chi connectivity index (χ4n) is 1.91. The van der Waals surface area contributed by atoms with E-state index in [2.05, 4.69) is 0 Å². The molecule has 0 saturated heterocycles. The molecule has 114 valence electrons. The molecule has 0 aliphatic carbocycles. The SMILES string of the molecule is CCCCN(CCCC)S(=O)(=O)c1cccc(N)c1O. The molecule has 1 aromatic carbocycles. The fraction of sp³-hybridized carbons (Fsp3) is 0.571. The summed E-state index contributed by atoms with van der Waals surface area (Å²) in [4.78, 5) is -0.107. The van der Waals surface area contributed by atoms with E-state index in [0.717, 1.165) is 25.7 Å². The van der Waals surface area contributed by atoms with Crippen LogP contribution >= 0.6 is 0 Å². The third-order valence-electron chi connectivity index (χ3n) is 3.17. The van der Waals surface area contributed by atoms with Crippen LogP contribution < -0.4 is 5.73 Å². The Morgan fingerprint density at radius 2 is 1.70 bits per heavy atom. The Morgan fingerprint density at radius 3 is 2.20 bits per heavy atom. The minimum absolute atomic E-state index is 0.0806. The number of nitrogen functional groups attached to an aromatic ring is 1. The molecule has 0 unspecified atom stereocenters. The minimum atomic E-state index is -3.70. The molecule has 0 atom stereocenters. The smallest absolute Gasteiger partial charge is 0.246 e. The Hall–Kier alpha value is -1.27. The Morgan fingerprint density at radius 1 is 1.15 bits per heavy atom. The zero-order valence-corrected chi connectivity index (χ0v) is 13.0. The first kappa shape index (κ1) is 16.8. The van der Waals surface area contributed by atoms with Gasteiger partial charge < -0.3 is 10.8 Å². The minimum Gasteiger partial charge on any atom is -0.504 e. The van der Waals surface area contributed by atoms with Gasteiger partial charge in [-0.1, -0.05) is 32.8 Å². The third kappa shape index (κ3) is 3.86. The third-order valence-corrected chi connectivity index (χ3v) is 5.10. The quantitative estimate of drug-likeness (QED) is 0.571. The van der Waals surface area contributed by atoms with E-state index < -0.39 is 10.0 Å². The lowest BCUT2D eigenvalue weighted by Crippen LogP contribution is -2.33. The highest BCUT2D eigenvalue weighted by Gasteiger charge is 2.27. The van der Waals surface area contributed by atoms with Crippen molar-refractivity contribution in [2.75, 3.05) is 18.8 Å². The van der Waals surface area contributed by atoms with Crippen molar-refractivity contribution >= 4 is 15.7 Å². The van der Waals surface area contributed by atoms with E-state index >= 15 is 0 Å². The predicted molar refractivity (Wildman–Crippen MR) is 81.1 cm³/mol. The summed E-state index contributed by atoms with van der Waals surface area (Å²) in [7, 11) is -3.70. The van der Waals surface area contributed by atoms with Crippen molar-refractivity contribution in [2.24, 2.45) is 0 Å². The molecule has 3 N–H and O–H groups in total. The number of phenolic OH excluding ortho intramolecular Hbond substituents is 1. The van der Waals surface area contributed by atoms with Crippen LogP contribution in [0.4, 0.5) is 5.69 Å². The van der Waals surface area contributed by atoms with Gasteiger partial charge in [-0.2, -0.15) is 4.31 Å². The van der Waals surface area contributed by atoms with E-state index in [1.807, 2.05) is 13.8 Å². The van der Waals surface area contributed by atoms with Gasteiger partial charge in [-0.05, 0) is 25.0 Å². The van der Waals surface area contributed by atoms with Crippen LogP contribution in [0.5, 0.6) is 5.75 Å². The van der Waals surface area contributed by atoms with Gasteiger partial charge in [0.1, 0.15) is 4.90 Å². The highest BCUT2D eigenvalue weighted by molar-refractivity contribution is 7.89. The van der Waals surface area contributed by atoms with Crippen LogP contribution in [-0.4, -0.2) is 30.9 Å². The monoisotopic (exact) mass is 300 g/mol. The Bertz CT molecular complexity index is 521. The number of rotatable bonds is 8. The predicted octanol–water partition coefficient (Wildman–Crippen LogP) is 2.57. The molecule has 5 nitrogen and oxygen atoms in total. The molecule has 6 heteroatoms. The Labute approximate surface area is 121 Å². The summed E-state index contributed by atoms with van der Waals surface area (Å²) in [6, 6.07) is 4.42. The summed E-state index contributed by atoms with van der Waals surface area (Å²) in [6.45, 7) is 4.96. The lowest BCUT2D eigenvalue weighted by Gasteiger charge is -2.22. The molecule has 1 rings (SSSR count). The zero-order valence-electron chi connectivity index (χ0n) is 12.2. The van der Waals surface area contributed by atoms with Crippen LogP contribution in [0.25, 0.3) is 0 Å². The number of hydrogen-bond acceptors (Lipinski definition) is 4. The number of para-hydroxylation sites is 1. The number of phenols is 1. The lowest BCUT2D eigenvalue weighted by atomic mass is 10.3. The van der Waals surface area contributed by atoms with Gasteiger partial charge in [-0.3, -0.25) is 0 Å². The van der Waals surface area contributed by atoms with E-state index in [4.69, 9.17) is 5.73 Å². The number of hydrogen-bond donors (Lipinski definition) is 2. The summed E-state index contributed by atoms with van der Waals surface area (Å²) >= 11 is 0. The number of nitrogens with two attached hydrogens (primary N) is 1. The molecule has 0 bridgehead atoms. The normalized spacial score (nSPS) is 11.9. The second kappa shape index (κ2) is 7.50. The number of unbranched alkanes of at least 4 members (excludes halogenated alkanes) is 2. The molecule has 0 aliphatic heterocycles. The first-order chi connectivity index (χ1) is 9.45. The van der Waals surface area contributed by atoms with E-state index in [0.29, 0.717) is 13.1 Å². The second-order valence-electron chi connectivity index (χ2n) is 4.81. The van der Waals surface area contributed by atoms with Gasteiger partial charge in [0.15, 0.2) is 5.75 Å². The largest absolute Gasteiger partial charge is 0.504 e. The van der Waals surface area contributed by atoms with Gasteiger partial charge in [0, 0.05) is 13.1 Å². The average molecular weight is 300 g/mol. The molecule has 0 amide bonds. The van der Waals surface area contributed by atoms with Crippen LogP contribution in [0, 0.1) is 0 Å². The van der Waals surface area contributed by atoms with Crippen molar-refractivity contribution in [3.8, 4) is 5.75 Å². The van der Waals surface area contributed by atoms with E-state index in [1.54, 1.807) is 6.07 Å². The van der Waals surface area contributed by atoms with Crippen LogP contribution in [0.3, 0.4) is 0 Å². The number of anilines is 1. The van der Waals surface area contributed by atoms with Crippen LogP contribution in [0.15, 0.2) is 23.1 Å². The van der Waals surface area contributed by atoms with E-state index in [1.165, 1.54) is 16.4 Å².